The Morgan fingerprint density at radius 1 is 1.26 bits per heavy atom. The average Bonchev–Trinajstić information content (AvgIpc) is 2.54. The first kappa shape index (κ1) is 16.3. The third kappa shape index (κ3) is 3.97. The van der Waals surface area contributed by atoms with Crippen LogP contribution in [0.15, 0.2) is 48.5 Å². The van der Waals surface area contributed by atoms with Gasteiger partial charge in [0.2, 0.25) is 0 Å². The number of hydrogen-bond acceptors (Lipinski definition) is 4. The number of nitrogens with two attached hydrogens (primary N) is 1. The summed E-state index contributed by atoms with van der Waals surface area (Å²) in [6.45, 7) is 1.81. The van der Waals surface area contributed by atoms with Gasteiger partial charge < -0.3 is 10.5 Å². The second-order valence-corrected chi connectivity index (χ2v) is 5.00. The number of carbonyl (C=O) groups is 1. The molecular formula is C16H17N3O4. The molecule has 0 aliphatic heterocycles. The number of non-ortho nitro benzene ring substituents is 1. The zero-order valence-electron chi connectivity index (χ0n) is 12.8. The van der Waals surface area contributed by atoms with Crippen LogP contribution in [-0.4, -0.2) is 18.0 Å². The number of primary amides is 1. The highest BCUT2D eigenvalue weighted by Gasteiger charge is 2.13. The number of rotatable bonds is 5. The van der Waals surface area contributed by atoms with Crippen molar-refractivity contribution in [3.8, 4) is 5.75 Å². The van der Waals surface area contributed by atoms with Crippen LogP contribution < -0.4 is 15.4 Å². The average molecular weight is 315 g/mol. The van der Waals surface area contributed by atoms with Gasteiger partial charge >= 0.3 is 6.03 Å². The number of anilines is 1. The van der Waals surface area contributed by atoms with E-state index in [1.807, 2.05) is 6.92 Å². The van der Waals surface area contributed by atoms with E-state index in [1.165, 1.54) is 17.0 Å². The Labute approximate surface area is 133 Å². The standard InChI is InChI=1S/C16H17N3O4/c1-11(12-4-3-5-14(10-12)19(21)22)23-15-8-6-13(7-9-15)18(2)16(17)20/h3-11H,1-2H3,(H2,17,20)/t11-/m0/s1. The van der Waals surface area contributed by atoms with Crippen LogP contribution in [0.3, 0.4) is 0 Å². The zero-order chi connectivity index (χ0) is 17.0. The van der Waals surface area contributed by atoms with Crippen molar-refractivity contribution in [2.24, 2.45) is 5.73 Å². The molecule has 0 radical (unpaired) electrons. The van der Waals surface area contributed by atoms with Crippen LogP contribution in [0.4, 0.5) is 16.2 Å². The molecule has 2 aromatic carbocycles. The Morgan fingerprint density at radius 2 is 1.91 bits per heavy atom. The number of hydrogen-bond donors (Lipinski definition) is 1. The second-order valence-electron chi connectivity index (χ2n) is 5.00. The molecular weight excluding hydrogens is 298 g/mol. The van der Waals surface area contributed by atoms with Gasteiger partial charge in [-0.1, -0.05) is 12.1 Å². The van der Waals surface area contributed by atoms with E-state index < -0.39 is 11.0 Å². The lowest BCUT2D eigenvalue weighted by Crippen LogP contribution is -2.31. The molecule has 7 nitrogen and oxygen atoms in total. The maximum Gasteiger partial charge on any atom is 0.318 e. The van der Waals surface area contributed by atoms with Gasteiger partial charge in [-0.3, -0.25) is 15.0 Å². The predicted molar refractivity (Wildman–Crippen MR) is 86.6 cm³/mol. The molecule has 0 aliphatic carbocycles. The molecule has 0 bridgehead atoms. The fraction of sp³-hybridized carbons (Fsp3) is 0.188. The molecule has 7 heteroatoms. The van der Waals surface area contributed by atoms with Gasteiger partial charge in [0.1, 0.15) is 11.9 Å². The number of carbonyl (C=O) groups excluding carboxylic acids is 1. The molecule has 0 spiro atoms. The number of nitrogens with zero attached hydrogens (tertiary/aromatic N) is 2. The lowest BCUT2D eigenvalue weighted by molar-refractivity contribution is -0.385. The third-order valence-corrected chi connectivity index (χ3v) is 3.42. The summed E-state index contributed by atoms with van der Waals surface area (Å²) in [6, 6.07) is 12.6. The Hall–Kier alpha value is -3.09. The van der Waals surface area contributed by atoms with E-state index in [9.17, 15) is 14.9 Å². The van der Waals surface area contributed by atoms with Crippen LogP contribution >= 0.6 is 0 Å². The number of urea groups is 1. The quantitative estimate of drug-likeness (QED) is 0.676. The first-order valence-electron chi connectivity index (χ1n) is 6.92. The van der Waals surface area contributed by atoms with E-state index >= 15 is 0 Å². The molecule has 0 saturated carbocycles. The molecule has 0 aromatic heterocycles. The van der Waals surface area contributed by atoms with Gasteiger partial charge in [0.05, 0.1) is 4.92 Å². The highest BCUT2D eigenvalue weighted by atomic mass is 16.6. The summed E-state index contributed by atoms with van der Waals surface area (Å²) in [6.07, 6.45) is -0.352. The topological polar surface area (TPSA) is 98.7 Å². The van der Waals surface area contributed by atoms with E-state index in [2.05, 4.69) is 0 Å². The van der Waals surface area contributed by atoms with Crippen molar-refractivity contribution in [2.75, 3.05) is 11.9 Å². The molecule has 2 amide bonds. The van der Waals surface area contributed by atoms with Gasteiger partial charge in [0, 0.05) is 24.9 Å². The van der Waals surface area contributed by atoms with E-state index in [4.69, 9.17) is 10.5 Å². The number of nitro benzene ring substituents is 1. The summed E-state index contributed by atoms with van der Waals surface area (Å²) in [4.78, 5) is 22.8. The van der Waals surface area contributed by atoms with E-state index in [0.717, 1.165) is 0 Å². The Kier molecular flexibility index (Phi) is 4.80. The van der Waals surface area contributed by atoms with Crippen molar-refractivity contribution in [3.63, 3.8) is 0 Å². The van der Waals surface area contributed by atoms with Crippen molar-refractivity contribution in [1.29, 1.82) is 0 Å². The van der Waals surface area contributed by atoms with Crippen molar-refractivity contribution in [2.45, 2.75) is 13.0 Å². The van der Waals surface area contributed by atoms with Gasteiger partial charge in [0.15, 0.2) is 0 Å². The van der Waals surface area contributed by atoms with Crippen LogP contribution in [0.1, 0.15) is 18.6 Å². The molecule has 2 N–H and O–H groups in total. The predicted octanol–water partition coefficient (Wildman–Crippen LogP) is 3.25. The normalized spacial score (nSPS) is 11.6. The molecule has 0 saturated heterocycles. The molecule has 1 atom stereocenters. The monoisotopic (exact) mass is 315 g/mol. The third-order valence-electron chi connectivity index (χ3n) is 3.42. The van der Waals surface area contributed by atoms with Gasteiger partial charge in [-0.2, -0.15) is 0 Å². The summed E-state index contributed by atoms with van der Waals surface area (Å²) in [5.74, 6) is 0.589. The van der Waals surface area contributed by atoms with Crippen molar-refractivity contribution < 1.29 is 14.5 Å². The van der Waals surface area contributed by atoms with Gasteiger partial charge in [-0.25, -0.2) is 4.79 Å². The minimum atomic E-state index is -0.552. The Balaban J connectivity index is 2.11. The largest absolute Gasteiger partial charge is 0.486 e. The molecule has 2 aromatic rings. The maximum absolute atomic E-state index is 11.1. The Morgan fingerprint density at radius 3 is 2.48 bits per heavy atom. The summed E-state index contributed by atoms with van der Waals surface area (Å²) in [5.41, 5.74) is 6.58. The van der Waals surface area contributed by atoms with E-state index in [-0.39, 0.29) is 11.8 Å². The lowest BCUT2D eigenvalue weighted by atomic mass is 10.1. The lowest BCUT2D eigenvalue weighted by Gasteiger charge is -2.17. The van der Waals surface area contributed by atoms with Gasteiger partial charge in [-0.15, -0.1) is 0 Å². The van der Waals surface area contributed by atoms with Crippen LogP contribution in [0, 0.1) is 10.1 Å². The fourth-order valence-electron chi connectivity index (χ4n) is 2.04. The van der Waals surface area contributed by atoms with E-state index in [1.54, 1.807) is 43.4 Å². The van der Waals surface area contributed by atoms with Crippen LogP contribution in [0.25, 0.3) is 0 Å². The molecule has 120 valence electrons. The molecule has 0 aliphatic rings. The van der Waals surface area contributed by atoms with Crippen molar-refractivity contribution in [1.82, 2.24) is 0 Å². The number of ether oxygens (including phenoxy) is 1. The first-order valence-corrected chi connectivity index (χ1v) is 6.92. The molecule has 23 heavy (non-hydrogen) atoms. The molecule has 0 heterocycles. The van der Waals surface area contributed by atoms with Crippen molar-refractivity contribution >= 4 is 17.4 Å². The summed E-state index contributed by atoms with van der Waals surface area (Å²) < 4.78 is 5.77. The zero-order valence-corrected chi connectivity index (χ0v) is 12.8. The smallest absolute Gasteiger partial charge is 0.318 e. The van der Waals surface area contributed by atoms with Crippen LogP contribution in [-0.2, 0) is 0 Å². The molecule has 0 fully saturated rings. The van der Waals surface area contributed by atoms with Crippen molar-refractivity contribution in [3.05, 3.63) is 64.2 Å². The van der Waals surface area contributed by atoms with Gasteiger partial charge in [0.25, 0.3) is 5.69 Å². The number of amides is 2. The highest BCUT2D eigenvalue weighted by Crippen LogP contribution is 2.26. The minimum Gasteiger partial charge on any atom is -0.486 e. The molecule has 0 unspecified atom stereocenters. The van der Waals surface area contributed by atoms with Crippen LogP contribution in [0.2, 0.25) is 0 Å². The second kappa shape index (κ2) is 6.78. The van der Waals surface area contributed by atoms with Gasteiger partial charge in [-0.05, 0) is 36.8 Å². The Bertz CT molecular complexity index is 716. The maximum atomic E-state index is 11.1. The first-order chi connectivity index (χ1) is 10.9. The highest BCUT2D eigenvalue weighted by molar-refractivity contribution is 5.90. The fourth-order valence-corrected chi connectivity index (χ4v) is 2.04. The SMILES string of the molecule is C[C@H](Oc1ccc(N(C)C(N)=O)cc1)c1cccc([N+](=O)[O-])c1. The summed E-state index contributed by atoms with van der Waals surface area (Å²) in [5, 5.41) is 10.8. The number of benzene rings is 2. The summed E-state index contributed by atoms with van der Waals surface area (Å²) >= 11 is 0. The van der Waals surface area contributed by atoms with E-state index in [0.29, 0.717) is 17.0 Å². The number of nitro groups is 1. The summed E-state index contributed by atoms with van der Waals surface area (Å²) in [7, 11) is 1.57. The minimum absolute atomic E-state index is 0.0244. The molecule has 2 rings (SSSR count). The van der Waals surface area contributed by atoms with Crippen LogP contribution in [0.5, 0.6) is 5.75 Å².